The van der Waals surface area contributed by atoms with E-state index in [0.717, 1.165) is 50.8 Å². The molecule has 0 bridgehead atoms. The van der Waals surface area contributed by atoms with Crippen LogP contribution in [0.5, 0.6) is 0 Å². The van der Waals surface area contributed by atoms with Gasteiger partial charge in [0.1, 0.15) is 12.5 Å². The molecular weight excluding hydrogens is 703 g/mol. The summed E-state index contributed by atoms with van der Waals surface area (Å²) in [5.74, 6) is 0. The molecule has 2 aromatic carbocycles. The summed E-state index contributed by atoms with van der Waals surface area (Å²) >= 11 is 3.46. The van der Waals surface area contributed by atoms with E-state index < -0.39 is 0 Å². The summed E-state index contributed by atoms with van der Waals surface area (Å²) in [6, 6.07) is 13.2. The third-order valence-electron chi connectivity index (χ3n) is 10.4. The van der Waals surface area contributed by atoms with Crippen LogP contribution in [-0.4, -0.2) is 51.6 Å². The summed E-state index contributed by atoms with van der Waals surface area (Å²) in [5.41, 5.74) is 11.6. The van der Waals surface area contributed by atoms with Gasteiger partial charge in [-0.15, -0.1) is 0 Å². The van der Waals surface area contributed by atoms with Crippen LogP contribution in [0.25, 0.3) is 23.3 Å². The summed E-state index contributed by atoms with van der Waals surface area (Å²) in [5, 5.41) is 8.89. The highest BCUT2D eigenvalue weighted by atomic mass is 79.9. The molecule has 0 saturated carbocycles. The summed E-state index contributed by atoms with van der Waals surface area (Å²) in [6.07, 6.45) is 21.7. The molecule has 5 aliphatic rings. The van der Waals surface area contributed by atoms with Gasteiger partial charge in [0.2, 0.25) is 0 Å². The Balaban J connectivity index is 0.000000125. The number of ether oxygens (including phenoxy) is 2. The molecule has 3 saturated heterocycles. The number of aromatic nitrogens is 4. The van der Waals surface area contributed by atoms with Gasteiger partial charge in [0.05, 0.1) is 17.9 Å². The second-order valence-corrected chi connectivity index (χ2v) is 15.9. The number of fused-ring (bicyclic) bond motifs is 2. The standard InChI is InChI=1S/C18H20N2O.C13H21BN2O3.C10H9Br/c1-13-8-14-5-6-15(10-16(14)9-13)17-11-19-20(12-17)18-4-2-3-7-21-18;1-10-13(2,3)19-14(18-10)11-8-15-16(9-11)12-6-4-5-7-17-12;1-7-4-8-2-3-10(11)6-9(8)5-7/h5-6,9-12,18H,2-4,7-8H2,1H3;8-10,12H,4-7H2,1-3H3;2-3,5-6H,4H2,1H3. The van der Waals surface area contributed by atoms with Crippen molar-refractivity contribution in [1.82, 2.24) is 19.6 Å². The SMILES string of the molecule is CC1=Cc2cc(-c3cnn(C4CCCCO4)c3)ccc2C1.CC1=Cc2cc(Br)ccc2C1.CC1OB(c2cnn(C3CCCCO3)c2)OC1(C)C. The lowest BCUT2D eigenvalue weighted by Crippen LogP contribution is -2.34. The van der Waals surface area contributed by atoms with E-state index in [0.29, 0.717) is 0 Å². The first-order chi connectivity index (χ1) is 24.6. The number of halogens is 1. The van der Waals surface area contributed by atoms with Gasteiger partial charge < -0.3 is 18.8 Å². The molecule has 0 spiro atoms. The molecule has 0 N–H and O–H groups in total. The van der Waals surface area contributed by atoms with Crippen LogP contribution in [0.1, 0.15) is 108 Å². The molecule has 3 fully saturated rings. The Morgan fingerprint density at radius 2 is 1.37 bits per heavy atom. The first-order valence-electron chi connectivity index (χ1n) is 18.5. The van der Waals surface area contributed by atoms with E-state index in [1.807, 2.05) is 48.7 Å². The van der Waals surface area contributed by atoms with Crippen molar-refractivity contribution in [1.29, 1.82) is 0 Å². The summed E-state index contributed by atoms with van der Waals surface area (Å²) in [6.45, 7) is 12.2. The maximum Gasteiger partial charge on any atom is 0.497 e. The van der Waals surface area contributed by atoms with Crippen molar-refractivity contribution in [2.24, 2.45) is 0 Å². The normalized spacial score (nSPS) is 23.3. The fraction of sp³-hybridized carbons (Fsp3) is 0.463. The van der Waals surface area contributed by atoms with Gasteiger partial charge in [0.25, 0.3) is 0 Å². The zero-order valence-electron chi connectivity index (χ0n) is 30.6. The van der Waals surface area contributed by atoms with E-state index >= 15 is 0 Å². The minimum atomic E-state index is -0.317. The van der Waals surface area contributed by atoms with Crippen molar-refractivity contribution >= 4 is 40.7 Å². The van der Waals surface area contributed by atoms with Gasteiger partial charge >= 0.3 is 7.12 Å². The molecule has 5 heterocycles. The molecule has 3 unspecified atom stereocenters. The van der Waals surface area contributed by atoms with Crippen molar-refractivity contribution in [3.8, 4) is 11.1 Å². The molecule has 51 heavy (non-hydrogen) atoms. The van der Waals surface area contributed by atoms with Crippen LogP contribution in [0.3, 0.4) is 0 Å². The van der Waals surface area contributed by atoms with Crippen molar-refractivity contribution < 1.29 is 18.8 Å². The molecule has 2 aliphatic carbocycles. The Morgan fingerprint density at radius 1 is 0.765 bits per heavy atom. The molecule has 0 amide bonds. The summed E-state index contributed by atoms with van der Waals surface area (Å²) in [7, 11) is -0.317. The number of hydrogen-bond donors (Lipinski definition) is 0. The maximum atomic E-state index is 5.93. The average molecular weight is 754 g/mol. The number of benzene rings is 2. The lowest BCUT2D eigenvalue weighted by Gasteiger charge is -2.22. The second-order valence-electron chi connectivity index (χ2n) is 15.0. The van der Waals surface area contributed by atoms with Crippen molar-refractivity contribution in [2.45, 2.75) is 110 Å². The third kappa shape index (κ3) is 8.69. The Labute approximate surface area is 311 Å². The van der Waals surface area contributed by atoms with Gasteiger partial charge in [0, 0.05) is 47.3 Å². The van der Waals surface area contributed by atoms with Crippen LogP contribution in [0.2, 0.25) is 0 Å². The molecule has 8 nitrogen and oxygen atoms in total. The van der Waals surface area contributed by atoms with Gasteiger partial charge in [-0.3, -0.25) is 0 Å². The van der Waals surface area contributed by atoms with E-state index in [-0.39, 0.29) is 31.3 Å². The van der Waals surface area contributed by atoms with Gasteiger partial charge in [-0.05, 0) is 132 Å². The van der Waals surface area contributed by atoms with Crippen LogP contribution >= 0.6 is 15.9 Å². The van der Waals surface area contributed by atoms with E-state index in [1.165, 1.54) is 68.3 Å². The molecule has 9 rings (SSSR count). The zero-order valence-corrected chi connectivity index (χ0v) is 32.2. The average Bonchev–Trinajstić information content (AvgIpc) is 3.96. The monoisotopic (exact) mass is 752 g/mol. The Hall–Kier alpha value is -3.28. The molecular formula is C41H50BBrN4O4. The molecule has 10 heteroatoms. The highest BCUT2D eigenvalue weighted by Gasteiger charge is 2.44. The second kappa shape index (κ2) is 15.8. The molecule has 268 valence electrons. The topological polar surface area (TPSA) is 72.6 Å². The maximum absolute atomic E-state index is 5.93. The fourth-order valence-corrected chi connectivity index (χ4v) is 7.58. The largest absolute Gasteiger partial charge is 0.497 e. The number of allylic oxidation sites excluding steroid dienone is 2. The van der Waals surface area contributed by atoms with Crippen LogP contribution < -0.4 is 5.46 Å². The zero-order chi connectivity index (χ0) is 35.5. The number of nitrogens with zero attached hydrogens (tertiary/aromatic N) is 4. The van der Waals surface area contributed by atoms with Gasteiger partial charge in [-0.1, -0.05) is 57.4 Å². The van der Waals surface area contributed by atoms with E-state index in [2.05, 4.69) is 94.7 Å². The summed E-state index contributed by atoms with van der Waals surface area (Å²) < 4.78 is 28.3. The van der Waals surface area contributed by atoms with Gasteiger partial charge in [-0.2, -0.15) is 10.2 Å². The fourth-order valence-electron chi connectivity index (χ4n) is 7.20. The Bertz CT molecular complexity index is 1890. The minimum absolute atomic E-state index is 0.0642. The minimum Gasteiger partial charge on any atom is -0.402 e. The van der Waals surface area contributed by atoms with Gasteiger partial charge in [-0.25, -0.2) is 9.36 Å². The number of rotatable bonds is 4. The lowest BCUT2D eigenvalue weighted by atomic mass is 9.82. The van der Waals surface area contributed by atoms with E-state index in [4.69, 9.17) is 18.8 Å². The highest BCUT2D eigenvalue weighted by Crippen LogP contribution is 2.32. The molecule has 3 aliphatic heterocycles. The van der Waals surface area contributed by atoms with Crippen LogP contribution in [0, 0.1) is 0 Å². The van der Waals surface area contributed by atoms with Crippen molar-refractivity contribution in [2.75, 3.05) is 13.2 Å². The Morgan fingerprint density at radius 3 is 1.98 bits per heavy atom. The summed E-state index contributed by atoms with van der Waals surface area (Å²) in [4.78, 5) is 0. The molecule has 2 aromatic heterocycles. The number of hydrogen-bond acceptors (Lipinski definition) is 6. The highest BCUT2D eigenvalue weighted by molar-refractivity contribution is 9.10. The van der Waals surface area contributed by atoms with Crippen LogP contribution in [-0.2, 0) is 31.6 Å². The van der Waals surface area contributed by atoms with Crippen molar-refractivity contribution in [3.05, 3.63) is 99.1 Å². The van der Waals surface area contributed by atoms with Gasteiger partial charge in [0.15, 0.2) is 0 Å². The third-order valence-corrected chi connectivity index (χ3v) is 10.9. The predicted octanol–water partition coefficient (Wildman–Crippen LogP) is 9.11. The van der Waals surface area contributed by atoms with E-state index in [9.17, 15) is 0 Å². The molecule has 0 radical (unpaired) electrons. The molecule has 4 aromatic rings. The first-order valence-corrected chi connectivity index (χ1v) is 19.3. The lowest BCUT2D eigenvalue weighted by molar-refractivity contribution is -0.0395. The quantitative estimate of drug-likeness (QED) is 0.194. The Kier molecular flexibility index (Phi) is 11.2. The molecule has 3 atom stereocenters. The van der Waals surface area contributed by atoms with Crippen molar-refractivity contribution in [3.63, 3.8) is 0 Å². The van der Waals surface area contributed by atoms with E-state index in [1.54, 1.807) is 0 Å². The van der Waals surface area contributed by atoms with Crippen LogP contribution in [0.15, 0.2) is 76.8 Å². The van der Waals surface area contributed by atoms with Crippen LogP contribution in [0.4, 0.5) is 0 Å². The predicted molar refractivity (Wildman–Crippen MR) is 208 cm³/mol. The first kappa shape index (κ1) is 36.1. The smallest absolute Gasteiger partial charge is 0.402 e.